The lowest BCUT2D eigenvalue weighted by molar-refractivity contribution is 0.158. The number of anilines is 1. The van der Waals surface area contributed by atoms with Gasteiger partial charge in [-0.3, -0.25) is 4.99 Å². The molecule has 0 fully saturated rings. The van der Waals surface area contributed by atoms with Gasteiger partial charge in [0.25, 0.3) is 0 Å². The predicted octanol–water partition coefficient (Wildman–Crippen LogP) is 8.17. The lowest BCUT2D eigenvalue weighted by Gasteiger charge is -2.25. The second-order valence-corrected chi connectivity index (χ2v) is 10.8. The minimum atomic E-state index is -2.43. The highest BCUT2D eigenvalue weighted by Crippen LogP contribution is 2.30. The van der Waals surface area contributed by atoms with E-state index in [1.807, 2.05) is 97.2 Å². The third kappa shape index (κ3) is 7.77. The molecule has 1 N–H and O–H groups in total. The van der Waals surface area contributed by atoms with Crippen molar-refractivity contribution in [3.05, 3.63) is 167 Å². The predicted molar refractivity (Wildman–Crippen MR) is 161 cm³/mol. The summed E-state index contributed by atoms with van der Waals surface area (Å²) in [5, 5.41) is 0. The number of rotatable bonds is 11. The van der Waals surface area contributed by atoms with Gasteiger partial charge in [-0.05, 0) is 53.4 Å². The van der Waals surface area contributed by atoms with Crippen LogP contribution in [0.2, 0.25) is 0 Å². The Bertz CT molecular complexity index is 1460. The molecule has 0 heterocycles. The van der Waals surface area contributed by atoms with Crippen LogP contribution >= 0.6 is 0 Å². The van der Waals surface area contributed by atoms with Crippen LogP contribution in [-0.2, 0) is 14.2 Å². The molecule has 5 aromatic carbocycles. The van der Waals surface area contributed by atoms with Crippen molar-refractivity contribution in [1.82, 2.24) is 0 Å². The van der Waals surface area contributed by atoms with Crippen LogP contribution in [0.5, 0.6) is 0 Å². The van der Waals surface area contributed by atoms with E-state index in [0.29, 0.717) is 6.61 Å². The second-order valence-electron chi connectivity index (χ2n) is 9.29. The van der Waals surface area contributed by atoms with Crippen LogP contribution in [0.3, 0.4) is 0 Å². The Hall–Kier alpha value is -3.98. The molecule has 0 spiro atoms. The van der Waals surface area contributed by atoms with Gasteiger partial charge >= 0.3 is 15.0 Å². The van der Waals surface area contributed by atoms with E-state index < -0.39 is 15.0 Å². The van der Waals surface area contributed by atoms with Crippen molar-refractivity contribution < 1.29 is 7.58 Å². The number of hydrogen-bond donors (Lipinski definition) is 1. The Kier molecular flexibility index (Phi) is 9.36. The molecule has 0 aromatic heterocycles. The Morgan fingerprint density at radius 3 is 2.05 bits per heavy atom. The van der Waals surface area contributed by atoms with Gasteiger partial charge in [0.1, 0.15) is 0 Å². The van der Waals surface area contributed by atoms with Crippen molar-refractivity contribution in [2.24, 2.45) is 4.99 Å². The van der Waals surface area contributed by atoms with Gasteiger partial charge in [0, 0.05) is 18.5 Å². The molecule has 0 bridgehead atoms. The molecule has 0 aliphatic rings. The highest BCUT2D eigenvalue weighted by molar-refractivity contribution is 6.49. The molecule has 1 atom stereocenters. The molecular weight excluding hydrogens is 495 g/mol. The van der Waals surface area contributed by atoms with E-state index >= 15 is 0 Å². The maximum atomic E-state index is 6.90. The number of aryl methyl sites for hydroxylation is 1. The quantitative estimate of drug-likeness (QED) is 0.139. The van der Waals surface area contributed by atoms with Crippen molar-refractivity contribution in [3.8, 4) is 0 Å². The van der Waals surface area contributed by atoms with Crippen LogP contribution in [-0.4, -0.2) is 21.3 Å². The smallest absolute Gasteiger partial charge is 0.456 e. The molecule has 0 radical (unpaired) electrons. The van der Waals surface area contributed by atoms with Gasteiger partial charge in [-0.2, -0.15) is 0 Å². The van der Waals surface area contributed by atoms with E-state index in [0.717, 1.165) is 33.6 Å². The van der Waals surface area contributed by atoms with Crippen molar-refractivity contribution in [3.63, 3.8) is 0 Å². The second kappa shape index (κ2) is 13.7. The third-order valence-electron chi connectivity index (χ3n) is 6.33. The first-order valence-corrected chi connectivity index (χ1v) is 14.6. The summed E-state index contributed by atoms with van der Waals surface area (Å²) in [7, 11) is 0. The normalized spacial score (nSPS) is 11.8. The Labute approximate surface area is 235 Å². The monoisotopic (exact) mass is 526 g/mol. The number of aliphatic imine (C=N–C) groups is 1. The van der Waals surface area contributed by atoms with Crippen LogP contribution in [0, 0.1) is 6.92 Å². The van der Waals surface area contributed by atoms with Crippen LogP contribution < -0.4 is 4.30 Å². The van der Waals surface area contributed by atoms with E-state index in [1.165, 1.54) is 5.56 Å². The summed E-state index contributed by atoms with van der Waals surface area (Å²) in [6.07, 6.45) is 1.58. The fourth-order valence-electron chi connectivity index (χ4n) is 4.26. The van der Waals surface area contributed by atoms with Crippen molar-refractivity contribution in [1.29, 1.82) is 0 Å². The van der Waals surface area contributed by atoms with E-state index in [4.69, 9.17) is 12.6 Å². The molecule has 4 nitrogen and oxygen atoms in total. The van der Waals surface area contributed by atoms with E-state index in [1.54, 1.807) is 0 Å². The molecule has 5 aromatic rings. The van der Waals surface area contributed by atoms with Crippen LogP contribution in [0.25, 0.3) is 0 Å². The van der Waals surface area contributed by atoms with Crippen LogP contribution in [0.1, 0.15) is 33.9 Å². The number of nitrogens with one attached hydrogen (secondary N) is 1. The number of hydrogen-bond acceptors (Lipinski definition) is 4. The summed E-state index contributed by atoms with van der Waals surface area (Å²) in [5.41, 5.74) is 7.31. The first kappa shape index (κ1) is 26.6. The molecule has 0 saturated carbocycles. The zero-order valence-corrected chi connectivity index (χ0v) is 23.1. The molecule has 0 aliphatic carbocycles. The van der Waals surface area contributed by atoms with Gasteiger partial charge in [0.15, 0.2) is 0 Å². The Balaban J connectivity index is 1.47. The molecule has 5 heteroatoms. The molecule has 0 aliphatic heterocycles. The fraction of sp³-hybridized carbons (Fsp3) is 0.0882. The average Bonchev–Trinajstić information content (AvgIpc) is 3.00. The van der Waals surface area contributed by atoms with Gasteiger partial charge in [-0.1, -0.05) is 121 Å². The molecule has 39 heavy (non-hydrogen) atoms. The van der Waals surface area contributed by atoms with Gasteiger partial charge < -0.3 is 11.9 Å². The van der Waals surface area contributed by atoms with E-state index in [9.17, 15) is 0 Å². The molecule has 0 saturated heterocycles. The van der Waals surface area contributed by atoms with Gasteiger partial charge in [0.2, 0.25) is 0 Å². The largest absolute Gasteiger partial charge is 0.847 e. The Morgan fingerprint density at radius 1 is 0.718 bits per heavy atom. The summed E-state index contributed by atoms with van der Waals surface area (Å²) in [6, 6.07) is 47.1. The molecule has 1 unspecified atom stereocenters. The lowest BCUT2D eigenvalue weighted by Crippen LogP contribution is -2.34. The minimum Gasteiger partial charge on any atom is -0.456 e. The van der Waals surface area contributed by atoms with E-state index in [2.05, 4.69) is 59.8 Å². The van der Waals surface area contributed by atoms with Gasteiger partial charge in [0.05, 0.1) is 11.8 Å². The first-order valence-electron chi connectivity index (χ1n) is 13.1. The van der Waals surface area contributed by atoms with Crippen LogP contribution in [0.15, 0.2) is 145 Å². The molecule has 5 rings (SSSR count). The minimum absolute atomic E-state index is 0.337. The SMILES string of the molecule is Cc1ccc(N=Cc2ccccc2C([O][Al]([NH]c2ccccc2)[O]Cc2ccccc2)c2ccccc2)cc1. The summed E-state index contributed by atoms with van der Waals surface area (Å²) in [4.78, 5) is 4.76. The average molecular weight is 527 g/mol. The van der Waals surface area contributed by atoms with Crippen molar-refractivity contribution in [2.45, 2.75) is 19.6 Å². The van der Waals surface area contributed by atoms with Gasteiger partial charge in [-0.25, -0.2) is 0 Å². The zero-order valence-electron chi connectivity index (χ0n) is 22.0. The number of benzene rings is 5. The summed E-state index contributed by atoms with van der Waals surface area (Å²) < 4.78 is 16.9. The summed E-state index contributed by atoms with van der Waals surface area (Å²) in [6.45, 7) is 2.55. The highest BCUT2D eigenvalue weighted by Gasteiger charge is 2.34. The topological polar surface area (TPSA) is 42.8 Å². The van der Waals surface area contributed by atoms with Crippen molar-refractivity contribution >= 4 is 32.6 Å². The zero-order chi connectivity index (χ0) is 26.7. The number of para-hydroxylation sites is 1. The van der Waals surface area contributed by atoms with Gasteiger partial charge in [-0.15, -0.1) is 0 Å². The van der Waals surface area contributed by atoms with E-state index in [-0.39, 0.29) is 6.10 Å². The molecule has 0 amide bonds. The molecular formula is C34H31AlN2O2. The van der Waals surface area contributed by atoms with Crippen molar-refractivity contribution in [2.75, 3.05) is 4.30 Å². The summed E-state index contributed by atoms with van der Waals surface area (Å²) >= 11 is -2.43. The lowest BCUT2D eigenvalue weighted by atomic mass is 9.97. The third-order valence-corrected chi connectivity index (χ3v) is 7.89. The Morgan fingerprint density at radius 2 is 1.33 bits per heavy atom. The number of nitrogens with zero attached hydrogens (tertiary/aromatic N) is 1. The van der Waals surface area contributed by atoms with Crippen LogP contribution in [0.4, 0.5) is 11.4 Å². The summed E-state index contributed by atoms with van der Waals surface area (Å²) in [5.74, 6) is 0. The highest BCUT2D eigenvalue weighted by atomic mass is 27.2. The first-order chi connectivity index (χ1) is 19.2. The standard InChI is InChI=1S/C21H18NO.C7H7O.C6H6N.Al/c1-16-11-13-19(14-12-16)22-15-18-9-5-6-10-20(18)21(23)17-7-3-2-4-8-17;8-6-7-4-2-1-3-5-7;7-6-4-2-1-3-5-6;/h2-15,21H,1H3;1-5H,6H2;1-5,7H;/q3*-1;+3. The maximum absolute atomic E-state index is 6.90. The maximum Gasteiger partial charge on any atom is 0.847 e. The molecule has 192 valence electrons. The fourth-order valence-corrected chi connectivity index (χ4v) is 5.85.